The van der Waals surface area contributed by atoms with E-state index in [0.717, 1.165) is 6.92 Å². The van der Waals surface area contributed by atoms with Crippen LogP contribution >= 0.6 is 0 Å². The highest BCUT2D eigenvalue weighted by Gasteiger charge is 2.39. The number of aromatic amines is 1. The van der Waals surface area contributed by atoms with Crippen LogP contribution in [0.1, 0.15) is 178 Å². The van der Waals surface area contributed by atoms with E-state index in [1.54, 1.807) is 13.8 Å². The normalized spacial score (nSPS) is 13.5. The van der Waals surface area contributed by atoms with Gasteiger partial charge < -0.3 is 159 Å². The zero-order chi connectivity index (χ0) is 109. The number of primary amides is 1. The van der Waals surface area contributed by atoms with Crippen LogP contribution in [0.5, 0.6) is 5.75 Å². The largest absolute Gasteiger partial charge is 0.508 e. The number of phenolic OH excluding ortho intramolecular Hbond substituents is 1. The molecule has 54 nitrogen and oxygen atoms in total. The molecule has 0 spiro atoms. The number of hydrogen-bond acceptors (Lipinski definition) is 29. The van der Waals surface area contributed by atoms with E-state index in [0.29, 0.717) is 29.4 Å². The van der Waals surface area contributed by atoms with E-state index in [4.69, 9.17) is 38.2 Å². The number of guanidine groups is 2. The molecule has 1 aromatic heterocycles. The first-order valence-corrected chi connectivity index (χ1v) is 47.2. The minimum Gasteiger partial charge on any atom is -0.508 e. The molecule has 0 fully saturated rings. The van der Waals surface area contributed by atoms with Gasteiger partial charge in [0.2, 0.25) is 100 Å². The Balaban J connectivity index is 1.15. The van der Waals surface area contributed by atoms with Gasteiger partial charge >= 0.3 is 11.9 Å². The number of hydrogen-bond donors (Lipinski definition) is 31. The Bertz CT molecular complexity index is 5440. The standard InChI is InChI=1S/C92H135N27O27/c1-46(2)36-64(116-87(141)65(38-52-41-99-45-107-52)117-89(143)76(47(3)4)119-85(139)63(24-25-74(129)130)113-79(133)48(5)108-82(136)61(16-12-31-104-91(95)96)112-78(132)49(6)109-88(142)67(44-121)111-73(128)42-106-50(7)122)86(140)115-62(17-13-32-105-92(97)98)83(137)114-60(15-8-10-29-93)84(138)118-66(43-120)81(135)103-35-27-71(126)100-33-26-70(125)101-34-28-72(127)110-59(77(94)131)14-9-11-30-102-80(134)51-18-21-55(58(37-51)90(144)145)75-56-22-19-53(123)39-68(56)146-69-40-54(124)20-23-57(69)75/h18-23,37,39-41,45-49,59-67,76,120-121,123H,8-17,24-36,38,42-44,93H2,1-7H3,(H2,94,131)(H,99,107)(H,100,126)(H,101,125)(H,102,134)(H,103,135)(H,106,122)(H,108,136)(H,109,142)(H,110,127)(H,111,128)(H,112,132)(H,113,133)(H,114,137)(H,115,140)(H,116,141)(H,117,143)(H,118,138)(H,119,139)(H,129,130)(H,144,145)(H4,95,96,104)(H4,97,98,105)/t48-,49-,59-,60-,61-,62-,63-,64-,65-,66-,67-,76-/m0/s1. The van der Waals surface area contributed by atoms with E-state index in [-0.39, 0.29) is 180 Å². The average Bonchev–Trinajstić information content (AvgIpc) is 0.795. The number of phenols is 1. The van der Waals surface area contributed by atoms with Crippen LogP contribution in [0.2, 0.25) is 0 Å². The summed E-state index contributed by atoms with van der Waals surface area (Å²) in [6.07, 6.45) is 0.647. The van der Waals surface area contributed by atoms with Crippen molar-refractivity contribution in [2.45, 2.75) is 230 Å². The topological polar surface area (TPSA) is 882 Å². The van der Waals surface area contributed by atoms with Gasteiger partial charge in [-0.3, -0.25) is 107 Å². The number of aliphatic hydroxyl groups excluding tert-OH is 2. The minimum absolute atomic E-state index is 0.00600. The third-order valence-corrected chi connectivity index (χ3v) is 22.3. The zero-order valence-corrected chi connectivity index (χ0v) is 82.0. The summed E-state index contributed by atoms with van der Waals surface area (Å²) >= 11 is 0. The van der Waals surface area contributed by atoms with Crippen LogP contribution in [0.25, 0.3) is 33.4 Å². The van der Waals surface area contributed by atoms with Gasteiger partial charge in [-0.25, -0.2) is 9.78 Å². The molecule has 0 saturated heterocycles. The van der Waals surface area contributed by atoms with Gasteiger partial charge in [0.25, 0.3) is 5.91 Å². The lowest BCUT2D eigenvalue weighted by Gasteiger charge is -2.29. The fourth-order valence-corrected chi connectivity index (χ4v) is 14.5. The summed E-state index contributed by atoms with van der Waals surface area (Å²) in [6, 6.07) is -6.03. The molecule has 0 bridgehead atoms. The molecule has 2 aliphatic rings. The maximum Gasteiger partial charge on any atom is 0.336 e. The summed E-state index contributed by atoms with van der Waals surface area (Å²) < 4.78 is 5.88. The smallest absolute Gasteiger partial charge is 0.336 e. The van der Waals surface area contributed by atoms with Crippen LogP contribution in [0.4, 0.5) is 0 Å². The summed E-state index contributed by atoms with van der Waals surface area (Å²) in [6.45, 7) is 6.89. The number of carbonyl (C=O) groups is 20. The number of carbonyl (C=O) groups excluding carboxylic acids is 18. The van der Waals surface area contributed by atoms with Crippen molar-refractivity contribution in [3.63, 3.8) is 0 Å². The number of imidazole rings is 1. The second-order valence-corrected chi connectivity index (χ2v) is 35.0. The minimum atomic E-state index is -1.75. The Morgan fingerprint density at radius 3 is 1.46 bits per heavy atom. The molecule has 35 N–H and O–H groups in total. The number of nitrogens with zero attached hydrogens (tertiary/aromatic N) is 1. The third-order valence-electron chi connectivity index (χ3n) is 22.3. The number of carboxylic acid groups (broad SMARTS) is 2. The molecule has 2 aromatic carbocycles. The van der Waals surface area contributed by atoms with Crippen molar-refractivity contribution < 1.29 is 126 Å². The summed E-state index contributed by atoms with van der Waals surface area (Å²) in [4.78, 5) is 287. The highest BCUT2D eigenvalue weighted by Crippen LogP contribution is 2.42. The van der Waals surface area contributed by atoms with Crippen LogP contribution in [-0.4, -0.2) is 304 Å². The number of benzene rings is 3. The number of unbranched alkanes of at least 4 members (excludes halogenated alkanes) is 2. The number of aromatic hydroxyl groups is 1. The lowest BCUT2D eigenvalue weighted by atomic mass is 9.90. The van der Waals surface area contributed by atoms with E-state index in [9.17, 15) is 126 Å². The number of amides is 18. The number of H-pyrrole nitrogens is 1. The zero-order valence-electron chi connectivity index (χ0n) is 82.0. The predicted octanol–water partition coefficient (Wildman–Crippen LogP) is -6.96. The average molecular weight is 2050 g/mol. The summed E-state index contributed by atoms with van der Waals surface area (Å²) in [5, 5.41) is 113. The molecule has 0 unspecified atom stereocenters. The SMILES string of the molecule is CC(=O)NCC(=O)N[C@@H](CO)C(=O)N[C@@H](C)C(=O)N[C@@H](CCCNC(=N)N)C(=O)N[C@@H](C)C(=O)N[C@@H](CCC(=O)O)C(=O)N[C@H](C(=O)N[C@@H](Cc1c[nH]cn1)C(=O)N[C@@H](CC(C)C)C(=O)N[C@@H](CCCNC(=N)N)C(=O)N[C@@H](CCCCN)C(=O)N[C@@H](CO)C(=O)NCCC(=O)NCCC(=O)NCCC(=O)N[C@@H](CCCCNC(=O)c1ccc(-c2c3ccc(=O)cc-3oc3cc(O)ccc23)c(C(=O)O)c1)C(N)=O)C(C)C. The maximum atomic E-state index is 14.8. The lowest BCUT2D eigenvalue weighted by Crippen LogP contribution is -2.61. The van der Waals surface area contributed by atoms with E-state index in [1.165, 1.54) is 94.8 Å². The van der Waals surface area contributed by atoms with Crippen molar-refractivity contribution in [3.05, 3.63) is 94.2 Å². The number of aromatic nitrogens is 2. The number of rotatable bonds is 65. The Morgan fingerprint density at radius 1 is 0.445 bits per heavy atom. The Hall–Kier alpha value is -16.0. The molecule has 1 aliphatic heterocycles. The molecule has 1 aliphatic carbocycles. The highest BCUT2D eigenvalue weighted by atomic mass is 16.4. The lowest BCUT2D eigenvalue weighted by molar-refractivity contribution is -0.139. The fourth-order valence-electron chi connectivity index (χ4n) is 14.5. The first-order chi connectivity index (χ1) is 69.1. The number of carboxylic acids is 2. The van der Waals surface area contributed by atoms with Gasteiger partial charge in [0.05, 0.1) is 37.3 Å². The summed E-state index contributed by atoms with van der Waals surface area (Å²) in [7, 11) is 0. The fraction of sp³-hybridized carbons (Fsp3) is 0.522. The van der Waals surface area contributed by atoms with Crippen molar-refractivity contribution >= 4 is 141 Å². The van der Waals surface area contributed by atoms with Crippen LogP contribution in [-0.2, 0) is 92.7 Å². The maximum absolute atomic E-state index is 14.8. The molecule has 800 valence electrons. The molecule has 146 heavy (non-hydrogen) atoms. The van der Waals surface area contributed by atoms with Gasteiger partial charge in [-0.05, 0) is 151 Å². The van der Waals surface area contributed by atoms with Gasteiger partial charge in [0.1, 0.15) is 89.6 Å². The number of aliphatic hydroxyl groups is 2. The van der Waals surface area contributed by atoms with Crippen molar-refractivity contribution in [3.8, 4) is 28.2 Å². The first kappa shape index (κ1) is 120. The molecule has 0 radical (unpaired) electrons. The molecule has 5 rings (SSSR count). The van der Waals surface area contributed by atoms with Gasteiger partial charge in [0, 0.05) is 119 Å². The third kappa shape index (κ3) is 42.2. The van der Waals surface area contributed by atoms with Crippen LogP contribution in [0, 0.1) is 22.7 Å². The molecule has 2 heterocycles. The molecule has 3 aromatic rings. The number of aliphatic carboxylic acids is 1. The second-order valence-electron chi connectivity index (χ2n) is 35.0. The van der Waals surface area contributed by atoms with E-state index < -0.39 is 241 Å². The number of aromatic carboxylic acids is 1. The molecule has 12 atom stereocenters. The highest BCUT2D eigenvalue weighted by molar-refractivity contribution is 6.10. The van der Waals surface area contributed by atoms with Gasteiger partial charge in [-0.15, -0.1) is 0 Å². The second kappa shape index (κ2) is 61.7. The van der Waals surface area contributed by atoms with Crippen molar-refractivity contribution in [2.75, 3.05) is 65.6 Å². The first-order valence-electron chi connectivity index (χ1n) is 47.2. The molecular formula is C92H135N27O27. The summed E-state index contributed by atoms with van der Waals surface area (Å²) in [5.74, 6) is -20.8. The predicted molar refractivity (Wildman–Crippen MR) is 523 cm³/mol. The number of fused-ring (bicyclic) bond motifs is 2. The van der Waals surface area contributed by atoms with Crippen LogP contribution in [0.3, 0.4) is 0 Å². The van der Waals surface area contributed by atoms with E-state index >= 15 is 0 Å². The van der Waals surface area contributed by atoms with Gasteiger partial charge in [0.15, 0.2) is 17.3 Å². The Morgan fingerprint density at radius 2 is 0.925 bits per heavy atom. The number of nitrogens with one attached hydrogen (secondary N) is 22. The van der Waals surface area contributed by atoms with Crippen LogP contribution in [0.15, 0.2) is 76.3 Å². The molecular weight excluding hydrogens is 1920 g/mol. The summed E-state index contributed by atoms with van der Waals surface area (Å²) in [5.41, 5.74) is 23.1. The van der Waals surface area contributed by atoms with Gasteiger partial charge in [-0.1, -0.05) is 33.8 Å². The van der Waals surface area contributed by atoms with Crippen LogP contribution < -0.4 is 129 Å². The molecule has 0 saturated carbocycles. The van der Waals surface area contributed by atoms with E-state index in [1.807, 2.05) is 0 Å². The van der Waals surface area contributed by atoms with Gasteiger partial charge in [-0.2, -0.15) is 0 Å². The monoisotopic (exact) mass is 2050 g/mol. The molecule has 18 amide bonds. The Labute approximate surface area is 838 Å². The van der Waals surface area contributed by atoms with Crippen molar-refractivity contribution in [1.29, 1.82) is 10.8 Å². The van der Waals surface area contributed by atoms with Crippen molar-refractivity contribution in [1.82, 2.24) is 111 Å². The quantitative estimate of drug-likeness (QED) is 0.00744. The molecule has 54 heteroatoms. The number of nitrogens with two attached hydrogens (primary N) is 4. The van der Waals surface area contributed by atoms with E-state index in [2.05, 4.69) is 111 Å². The van der Waals surface area contributed by atoms with Crippen molar-refractivity contribution in [2.24, 2.45) is 34.8 Å². The Kier molecular flexibility index (Phi) is 50.9.